The molecule has 2 aromatic carbocycles. The molecule has 0 bridgehead atoms. The molecule has 0 aliphatic rings. The van der Waals surface area contributed by atoms with Crippen LogP contribution in [0.25, 0.3) is 11.1 Å². The van der Waals surface area contributed by atoms with Crippen LogP contribution in [0.2, 0.25) is 0 Å². The van der Waals surface area contributed by atoms with Gasteiger partial charge in [-0.1, -0.05) is 12.1 Å². The topological polar surface area (TPSA) is 12.4 Å². The Morgan fingerprint density at radius 1 is 0.952 bits per heavy atom. The van der Waals surface area contributed by atoms with Crippen molar-refractivity contribution in [2.24, 2.45) is 4.99 Å². The summed E-state index contributed by atoms with van der Waals surface area (Å²) in [6.07, 6.45) is -4.45. The number of aliphatic imine (C=N–C) groups is 1. The van der Waals surface area contributed by atoms with Crippen LogP contribution in [-0.2, 0) is 6.18 Å². The van der Waals surface area contributed by atoms with Gasteiger partial charge >= 0.3 is 6.18 Å². The maximum absolute atomic E-state index is 13.0. The zero-order chi connectivity index (χ0) is 15.6. The molecule has 0 saturated heterocycles. The van der Waals surface area contributed by atoms with Crippen molar-refractivity contribution in [3.05, 3.63) is 59.4 Å². The summed E-state index contributed by atoms with van der Waals surface area (Å²) in [5.74, 6) is -0.433. The van der Waals surface area contributed by atoms with E-state index in [1.54, 1.807) is 13.0 Å². The minimum absolute atomic E-state index is 0.378. The van der Waals surface area contributed by atoms with Gasteiger partial charge in [-0.2, -0.15) is 13.2 Å². The number of alkyl halides is 3. The van der Waals surface area contributed by atoms with E-state index in [0.29, 0.717) is 22.4 Å². The zero-order valence-corrected chi connectivity index (χ0v) is 11.5. The van der Waals surface area contributed by atoms with E-state index in [0.717, 1.165) is 12.1 Å². The molecule has 0 saturated carbocycles. The fraction of sp³-hybridized carbons (Fsp3) is 0.188. The second-order valence-electron chi connectivity index (χ2n) is 4.61. The van der Waals surface area contributed by atoms with Gasteiger partial charge < -0.3 is 0 Å². The molecule has 1 nitrogen and oxygen atoms in total. The molecule has 0 heterocycles. The van der Waals surface area contributed by atoms with Crippen molar-refractivity contribution in [1.29, 1.82) is 0 Å². The van der Waals surface area contributed by atoms with Crippen LogP contribution in [0.5, 0.6) is 0 Å². The Morgan fingerprint density at radius 2 is 1.57 bits per heavy atom. The molecular formula is C16H13F4N. The van der Waals surface area contributed by atoms with Gasteiger partial charge in [0.05, 0.1) is 5.56 Å². The molecule has 5 heteroatoms. The molecule has 21 heavy (non-hydrogen) atoms. The first kappa shape index (κ1) is 15.2. The molecule has 0 spiro atoms. The second-order valence-corrected chi connectivity index (χ2v) is 4.61. The van der Waals surface area contributed by atoms with E-state index in [2.05, 4.69) is 4.99 Å². The van der Waals surface area contributed by atoms with E-state index in [1.807, 2.05) is 0 Å². The highest BCUT2D eigenvalue weighted by atomic mass is 19.4. The SMILES string of the molecule is CN=C(C)c1cc(-c2ccc(F)cc2)cc(C(F)(F)F)c1. The van der Waals surface area contributed by atoms with Crippen LogP contribution in [0.15, 0.2) is 47.5 Å². The fourth-order valence-corrected chi connectivity index (χ4v) is 1.94. The molecule has 0 amide bonds. The van der Waals surface area contributed by atoms with Gasteiger partial charge in [-0.15, -0.1) is 0 Å². The minimum atomic E-state index is -4.45. The number of halogens is 4. The highest BCUT2D eigenvalue weighted by Gasteiger charge is 2.31. The first-order chi connectivity index (χ1) is 9.81. The molecule has 0 aliphatic heterocycles. The minimum Gasteiger partial charge on any atom is -0.293 e. The molecule has 0 unspecified atom stereocenters. The monoisotopic (exact) mass is 295 g/mol. The van der Waals surface area contributed by atoms with Crippen molar-refractivity contribution in [2.75, 3.05) is 7.05 Å². The lowest BCUT2D eigenvalue weighted by Crippen LogP contribution is -2.07. The normalized spacial score (nSPS) is 12.6. The van der Waals surface area contributed by atoms with Crippen molar-refractivity contribution in [1.82, 2.24) is 0 Å². The highest BCUT2D eigenvalue weighted by molar-refractivity contribution is 5.99. The Labute approximate surface area is 120 Å². The molecule has 0 N–H and O–H groups in total. The Bertz CT molecular complexity index is 670. The lowest BCUT2D eigenvalue weighted by Gasteiger charge is -2.12. The van der Waals surface area contributed by atoms with E-state index in [-0.39, 0.29) is 0 Å². The quantitative estimate of drug-likeness (QED) is 0.549. The average Bonchev–Trinajstić information content (AvgIpc) is 2.45. The second kappa shape index (κ2) is 5.68. The smallest absolute Gasteiger partial charge is 0.293 e. The van der Waals surface area contributed by atoms with Crippen LogP contribution >= 0.6 is 0 Å². The average molecular weight is 295 g/mol. The summed E-state index contributed by atoms with van der Waals surface area (Å²) in [5, 5.41) is 0. The first-order valence-electron chi connectivity index (χ1n) is 6.23. The van der Waals surface area contributed by atoms with Gasteiger partial charge in [-0.05, 0) is 53.9 Å². The summed E-state index contributed by atoms with van der Waals surface area (Å²) in [5.41, 5.74) is 1.05. The Kier molecular flexibility index (Phi) is 4.11. The molecule has 110 valence electrons. The predicted molar refractivity (Wildman–Crippen MR) is 75.0 cm³/mol. The largest absolute Gasteiger partial charge is 0.416 e. The summed E-state index contributed by atoms with van der Waals surface area (Å²) < 4.78 is 51.9. The van der Waals surface area contributed by atoms with Crippen molar-refractivity contribution < 1.29 is 17.6 Å². The van der Waals surface area contributed by atoms with Gasteiger partial charge in [-0.25, -0.2) is 4.39 Å². The molecule has 0 fully saturated rings. The maximum atomic E-state index is 13.0. The van der Waals surface area contributed by atoms with Crippen LogP contribution in [0.3, 0.4) is 0 Å². The maximum Gasteiger partial charge on any atom is 0.416 e. The zero-order valence-electron chi connectivity index (χ0n) is 11.5. The van der Waals surface area contributed by atoms with E-state index >= 15 is 0 Å². The number of hydrogen-bond donors (Lipinski definition) is 0. The van der Waals surface area contributed by atoms with Gasteiger partial charge in [0.25, 0.3) is 0 Å². The fourth-order valence-electron chi connectivity index (χ4n) is 1.94. The molecular weight excluding hydrogens is 282 g/mol. The standard InChI is InChI=1S/C16H13F4N/c1-10(21-2)12-7-13(9-14(8-12)16(18,19)20)11-3-5-15(17)6-4-11/h3-9H,1-2H3. The molecule has 2 aromatic rings. The van der Waals surface area contributed by atoms with Gasteiger partial charge in [0.2, 0.25) is 0 Å². The van der Waals surface area contributed by atoms with Crippen LogP contribution < -0.4 is 0 Å². The van der Waals surface area contributed by atoms with Crippen molar-refractivity contribution in [3.8, 4) is 11.1 Å². The summed E-state index contributed by atoms with van der Waals surface area (Å²) in [6, 6.07) is 9.08. The number of benzene rings is 2. The van der Waals surface area contributed by atoms with Gasteiger partial charge in [0.15, 0.2) is 0 Å². The first-order valence-corrected chi connectivity index (χ1v) is 6.23. The van der Waals surface area contributed by atoms with Crippen molar-refractivity contribution in [3.63, 3.8) is 0 Å². The summed E-state index contributed by atoms with van der Waals surface area (Å²) in [7, 11) is 1.52. The summed E-state index contributed by atoms with van der Waals surface area (Å²) in [4.78, 5) is 3.92. The third-order valence-corrected chi connectivity index (χ3v) is 3.19. The third kappa shape index (κ3) is 3.48. The van der Waals surface area contributed by atoms with Crippen molar-refractivity contribution >= 4 is 5.71 Å². The molecule has 0 aliphatic carbocycles. The molecule has 0 aromatic heterocycles. The van der Waals surface area contributed by atoms with E-state index < -0.39 is 17.6 Å². The van der Waals surface area contributed by atoms with Crippen LogP contribution in [0, 0.1) is 5.82 Å². The molecule has 0 radical (unpaired) electrons. The highest BCUT2D eigenvalue weighted by Crippen LogP contribution is 2.33. The lowest BCUT2D eigenvalue weighted by atomic mass is 9.97. The van der Waals surface area contributed by atoms with Crippen LogP contribution in [0.4, 0.5) is 17.6 Å². The summed E-state index contributed by atoms with van der Waals surface area (Å²) >= 11 is 0. The van der Waals surface area contributed by atoms with E-state index in [1.165, 1.54) is 31.3 Å². The van der Waals surface area contributed by atoms with Gasteiger partial charge in [0, 0.05) is 12.8 Å². The Hall–Kier alpha value is -2.17. The molecule has 2 rings (SSSR count). The number of rotatable bonds is 2. The van der Waals surface area contributed by atoms with Gasteiger partial charge in [-0.3, -0.25) is 4.99 Å². The van der Waals surface area contributed by atoms with Crippen molar-refractivity contribution in [2.45, 2.75) is 13.1 Å². The van der Waals surface area contributed by atoms with E-state index in [4.69, 9.17) is 0 Å². The Morgan fingerprint density at radius 3 is 2.10 bits per heavy atom. The predicted octanol–water partition coefficient (Wildman–Crippen LogP) is 4.95. The molecule has 0 atom stereocenters. The Balaban J connectivity index is 2.62. The number of nitrogens with zero attached hydrogens (tertiary/aromatic N) is 1. The van der Waals surface area contributed by atoms with Gasteiger partial charge in [0.1, 0.15) is 5.82 Å². The van der Waals surface area contributed by atoms with Crippen LogP contribution in [-0.4, -0.2) is 12.8 Å². The number of hydrogen-bond acceptors (Lipinski definition) is 1. The third-order valence-electron chi connectivity index (χ3n) is 3.19. The van der Waals surface area contributed by atoms with Crippen LogP contribution in [0.1, 0.15) is 18.1 Å². The van der Waals surface area contributed by atoms with E-state index in [9.17, 15) is 17.6 Å². The summed E-state index contributed by atoms with van der Waals surface area (Å²) in [6.45, 7) is 1.64. The lowest BCUT2D eigenvalue weighted by molar-refractivity contribution is -0.137.